The van der Waals surface area contributed by atoms with Crippen LogP contribution in [0.5, 0.6) is 11.6 Å². The van der Waals surface area contributed by atoms with E-state index in [0.29, 0.717) is 38.9 Å². The predicted molar refractivity (Wildman–Crippen MR) is 215 cm³/mol. The van der Waals surface area contributed by atoms with Gasteiger partial charge in [0.05, 0.1) is 58.5 Å². The topological polar surface area (TPSA) is 77.5 Å². The molecule has 3 aliphatic heterocycles. The number of nitrogens with zero attached hydrogens (tertiary/aromatic N) is 3. The number of hydrogen-bond donors (Lipinski definition) is 1. The summed E-state index contributed by atoms with van der Waals surface area (Å²) in [6.07, 6.45) is 0. The zero-order chi connectivity index (χ0) is 36.5. The lowest BCUT2D eigenvalue weighted by atomic mass is 10.1. The lowest BCUT2D eigenvalue weighted by Gasteiger charge is -2.31. The number of nitrogens with one attached hydrogen (secondary N) is 1. The van der Waals surface area contributed by atoms with Crippen molar-refractivity contribution in [1.82, 2.24) is 9.88 Å². The number of fused-ring (bicyclic) bond motifs is 2. The Hall–Kier alpha value is -4.23. The second-order valence-corrected chi connectivity index (χ2v) is 15.7. The first-order valence-corrected chi connectivity index (χ1v) is 20.2. The Bertz CT molecular complexity index is 1990. The van der Waals surface area contributed by atoms with Crippen LogP contribution in [0.2, 0.25) is 0 Å². The number of pyridine rings is 1. The van der Waals surface area contributed by atoms with Gasteiger partial charge in [-0.3, -0.25) is 4.90 Å². The van der Waals surface area contributed by atoms with E-state index in [1.165, 1.54) is 25.1 Å². The van der Waals surface area contributed by atoms with E-state index in [2.05, 4.69) is 87.9 Å². The Kier molecular flexibility index (Phi) is 12.2. The molecule has 0 amide bonds. The number of ether oxygens (including phenoxy) is 5. The van der Waals surface area contributed by atoms with Gasteiger partial charge in [-0.2, -0.15) is 0 Å². The molecule has 5 aromatic rings. The Morgan fingerprint density at radius 2 is 1.52 bits per heavy atom. The number of methoxy groups -OCH3 is 1. The van der Waals surface area contributed by atoms with E-state index < -0.39 is 0 Å². The zero-order valence-electron chi connectivity index (χ0n) is 30.6. The minimum atomic E-state index is 0.135. The fourth-order valence-corrected chi connectivity index (χ4v) is 9.25. The average molecular weight is 763 g/mol. The monoisotopic (exact) mass is 762 g/mol. The SMILES string of the molecule is COc1ccc(COc2cc(N3CCOCC3)cc(-c3cccc4c3Sc3ccc(N[C@H](COCc5ccccc5)CN5CCOCC5)cc3S4)n2)cc1. The smallest absolute Gasteiger partial charge is 0.216 e. The van der Waals surface area contributed by atoms with Crippen LogP contribution in [0.3, 0.4) is 0 Å². The molecule has 0 radical (unpaired) electrons. The second-order valence-electron chi connectivity index (χ2n) is 13.5. The molecule has 4 heterocycles. The van der Waals surface area contributed by atoms with Crippen LogP contribution in [0.25, 0.3) is 11.3 Å². The minimum Gasteiger partial charge on any atom is -0.497 e. The van der Waals surface area contributed by atoms with E-state index in [4.69, 9.17) is 28.7 Å². The minimum absolute atomic E-state index is 0.135. The van der Waals surface area contributed by atoms with Crippen LogP contribution >= 0.6 is 23.5 Å². The molecule has 9 nitrogen and oxygen atoms in total. The van der Waals surface area contributed by atoms with Crippen LogP contribution in [0.1, 0.15) is 11.1 Å². The van der Waals surface area contributed by atoms with Gasteiger partial charge in [0.25, 0.3) is 0 Å². The first-order valence-electron chi connectivity index (χ1n) is 18.6. The molecule has 8 rings (SSSR count). The van der Waals surface area contributed by atoms with Crippen molar-refractivity contribution >= 4 is 34.9 Å². The summed E-state index contributed by atoms with van der Waals surface area (Å²) in [5.74, 6) is 1.43. The van der Waals surface area contributed by atoms with E-state index in [0.717, 1.165) is 79.9 Å². The molecule has 0 saturated carbocycles. The van der Waals surface area contributed by atoms with Gasteiger partial charge >= 0.3 is 0 Å². The maximum absolute atomic E-state index is 6.35. The number of hydrogen-bond acceptors (Lipinski definition) is 11. The van der Waals surface area contributed by atoms with Crippen molar-refractivity contribution < 1.29 is 23.7 Å². The van der Waals surface area contributed by atoms with Gasteiger partial charge in [0.2, 0.25) is 5.88 Å². The molecule has 2 fully saturated rings. The summed E-state index contributed by atoms with van der Waals surface area (Å²) < 4.78 is 29.2. The van der Waals surface area contributed by atoms with Gasteiger partial charge in [-0.1, -0.05) is 78.1 Å². The van der Waals surface area contributed by atoms with Gasteiger partial charge < -0.3 is 33.9 Å². The largest absolute Gasteiger partial charge is 0.497 e. The second kappa shape index (κ2) is 17.9. The highest BCUT2D eigenvalue weighted by Crippen LogP contribution is 2.52. The lowest BCUT2D eigenvalue weighted by Crippen LogP contribution is -2.44. The summed E-state index contributed by atoms with van der Waals surface area (Å²) in [7, 11) is 1.68. The molecule has 1 N–H and O–H groups in total. The van der Waals surface area contributed by atoms with Crippen molar-refractivity contribution in [3.8, 4) is 22.9 Å². The molecule has 11 heteroatoms. The summed E-state index contributed by atoms with van der Waals surface area (Å²) >= 11 is 3.63. The molecule has 4 aromatic carbocycles. The van der Waals surface area contributed by atoms with Crippen molar-refractivity contribution in [2.75, 3.05) is 83.1 Å². The van der Waals surface area contributed by atoms with Crippen molar-refractivity contribution in [2.24, 2.45) is 0 Å². The molecule has 280 valence electrons. The van der Waals surface area contributed by atoms with Gasteiger partial charge in [0, 0.05) is 75.3 Å². The molecule has 1 atom stereocenters. The molecule has 0 aliphatic carbocycles. The van der Waals surface area contributed by atoms with Crippen LogP contribution < -0.4 is 19.7 Å². The molecule has 0 unspecified atom stereocenters. The number of morpholine rings is 2. The highest BCUT2D eigenvalue weighted by molar-refractivity contribution is 8.05. The average Bonchev–Trinajstić information content (AvgIpc) is 3.23. The molecule has 0 bridgehead atoms. The van der Waals surface area contributed by atoms with Gasteiger partial charge in [-0.05, 0) is 53.6 Å². The van der Waals surface area contributed by atoms with E-state index in [-0.39, 0.29) is 6.04 Å². The van der Waals surface area contributed by atoms with Crippen molar-refractivity contribution in [2.45, 2.75) is 38.8 Å². The van der Waals surface area contributed by atoms with Gasteiger partial charge in [0.1, 0.15) is 12.4 Å². The number of benzene rings is 4. The molecular weight excluding hydrogens is 717 g/mol. The van der Waals surface area contributed by atoms with Crippen molar-refractivity contribution in [1.29, 1.82) is 0 Å². The van der Waals surface area contributed by atoms with E-state index in [1.54, 1.807) is 7.11 Å². The standard InChI is InChI=1S/C43H46N4O5S2/c1-48-36-13-10-32(11-14-36)29-52-42-26-35(47-18-22-50-23-19-47)25-38(45-42)37-8-5-9-40-43(37)54-39-15-12-33(24-41(39)53-40)44-34(27-46-16-20-49-21-17-46)30-51-28-31-6-3-2-4-7-31/h2-15,24-26,34,44H,16-23,27-30H2,1H3/t34-/m0/s1. The third kappa shape index (κ3) is 9.34. The molecular formula is C43H46N4O5S2. The highest BCUT2D eigenvalue weighted by Gasteiger charge is 2.24. The maximum Gasteiger partial charge on any atom is 0.216 e. The molecule has 3 aliphatic rings. The van der Waals surface area contributed by atoms with Crippen molar-refractivity contribution in [3.63, 3.8) is 0 Å². The number of rotatable bonds is 14. The Balaban J connectivity index is 1.01. The fourth-order valence-electron chi connectivity index (χ4n) is 6.84. The summed E-state index contributed by atoms with van der Waals surface area (Å²) in [6.45, 7) is 9.00. The molecule has 1 aromatic heterocycles. The number of aromatic nitrogens is 1. The van der Waals surface area contributed by atoms with E-state index in [1.807, 2.05) is 53.9 Å². The fraction of sp³-hybridized carbons (Fsp3) is 0.326. The predicted octanol–water partition coefficient (Wildman–Crippen LogP) is 8.12. The molecule has 0 spiro atoms. The third-order valence-electron chi connectivity index (χ3n) is 9.72. The van der Waals surface area contributed by atoms with Crippen LogP contribution in [0.4, 0.5) is 11.4 Å². The zero-order valence-corrected chi connectivity index (χ0v) is 32.2. The van der Waals surface area contributed by atoms with Crippen LogP contribution in [-0.2, 0) is 27.4 Å². The Morgan fingerprint density at radius 1 is 0.741 bits per heavy atom. The maximum atomic E-state index is 6.35. The lowest BCUT2D eigenvalue weighted by molar-refractivity contribution is 0.0283. The summed E-state index contributed by atoms with van der Waals surface area (Å²) in [6, 6.07) is 36.0. The molecule has 2 saturated heterocycles. The third-order valence-corrected chi connectivity index (χ3v) is 12.3. The first-order chi connectivity index (χ1) is 26.7. The van der Waals surface area contributed by atoms with Crippen molar-refractivity contribution in [3.05, 3.63) is 114 Å². The summed E-state index contributed by atoms with van der Waals surface area (Å²) in [5, 5.41) is 3.82. The summed E-state index contributed by atoms with van der Waals surface area (Å²) in [4.78, 5) is 14.8. The quantitative estimate of drug-likeness (QED) is 0.117. The highest BCUT2D eigenvalue weighted by atomic mass is 32.2. The normalized spacial score (nSPS) is 16.3. The number of anilines is 2. The summed E-state index contributed by atoms with van der Waals surface area (Å²) in [5.41, 5.74) is 6.43. The van der Waals surface area contributed by atoms with Crippen LogP contribution in [0.15, 0.2) is 123 Å². The van der Waals surface area contributed by atoms with Crippen LogP contribution in [-0.4, -0.2) is 88.8 Å². The van der Waals surface area contributed by atoms with E-state index in [9.17, 15) is 0 Å². The van der Waals surface area contributed by atoms with Gasteiger partial charge in [-0.25, -0.2) is 4.98 Å². The van der Waals surface area contributed by atoms with Gasteiger partial charge in [0.15, 0.2) is 0 Å². The van der Waals surface area contributed by atoms with Gasteiger partial charge in [-0.15, -0.1) is 0 Å². The first kappa shape index (κ1) is 36.7. The molecule has 54 heavy (non-hydrogen) atoms. The van der Waals surface area contributed by atoms with E-state index >= 15 is 0 Å². The Labute approximate surface area is 326 Å². The van der Waals surface area contributed by atoms with Crippen LogP contribution in [0, 0.1) is 0 Å². The Morgan fingerprint density at radius 3 is 2.31 bits per heavy atom.